The van der Waals surface area contributed by atoms with E-state index in [4.69, 9.17) is 4.74 Å². The van der Waals surface area contributed by atoms with Gasteiger partial charge in [-0.2, -0.15) is 0 Å². The van der Waals surface area contributed by atoms with E-state index in [-0.39, 0.29) is 23.8 Å². The first-order valence-corrected chi connectivity index (χ1v) is 15.3. The van der Waals surface area contributed by atoms with E-state index in [1.165, 1.54) is 6.42 Å². The molecule has 2 N–H and O–H groups in total. The van der Waals surface area contributed by atoms with Crippen LogP contribution in [0.5, 0.6) is 0 Å². The quantitative estimate of drug-likeness (QED) is 0.130. The third-order valence-electron chi connectivity index (χ3n) is 7.36. The Kier molecular flexibility index (Phi) is 14.0. The van der Waals surface area contributed by atoms with Crippen molar-refractivity contribution in [2.75, 3.05) is 52.2 Å². The fourth-order valence-corrected chi connectivity index (χ4v) is 6.08. The number of hydrogen-bond donors (Lipinski definition) is 2. The molecule has 0 bridgehead atoms. The molecule has 2 saturated heterocycles. The Hall–Kier alpha value is -2.27. The van der Waals surface area contributed by atoms with Crippen LogP contribution in [0.2, 0.25) is 0 Å². The van der Waals surface area contributed by atoms with Crippen LogP contribution in [0.15, 0.2) is 23.1 Å². The number of rotatable bonds is 17. The second kappa shape index (κ2) is 17.4. The Morgan fingerprint density at radius 1 is 1.15 bits per heavy atom. The molecule has 1 aromatic carbocycles. The molecule has 2 aliphatic heterocycles. The summed E-state index contributed by atoms with van der Waals surface area (Å²) in [6, 6.07) is 5.39. The van der Waals surface area contributed by atoms with Gasteiger partial charge in [0.25, 0.3) is 0 Å². The normalized spacial score (nSPS) is 18.3. The Balaban J connectivity index is 1.28. The lowest BCUT2D eigenvalue weighted by molar-refractivity contribution is -0.137. The molecule has 0 aliphatic carbocycles. The van der Waals surface area contributed by atoms with Gasteiger partial charge in [-0.15, -0.1) is 11.8 Å². The monoisotopic (exact) mass is 560 g/mol. The molecule has 2 heterocycles. The fraction of sp³-hybridized carbons (Fsp3) is 0.655. The predicted molar refractivity (Wildman–Crippen MR) is 153 cm³/mol. The van der Waals surface area contributed by atoms with E-state index in [2.05, 4.69) is 15.5 Å². The highest BCUT2D eigenvalue weighted by Crippen LogP contribution is 2.28. The van der Waals surface area contributed by atoms with E-state index in [1.54, 1.807) is 11.8 Å². The van der Waals surface area contributed by atoms with Crippen LogP contribution in [0, 0.1) is 0 Å². The first-order chi connectivity index (χ1) is 19.0. The molecule has 0 radical (unpaired) electrons. The van der Waals surface area contributed by atoms with Gasteiger partial charge in [0.15, 0.2) is 0 Å². The first kappa shape index (κ1) is 31.3. The number of piperidine rings is 1. The second-order valence-electron chi connectivity index (χ2n) is 10.3. The molecule has 216 valence electrons. The minimum Gasteiger partial charge on any atom is -0.379 e. The number of likely N-dealkylation sites (N-methyl/N-ethyl adjacent to an activating group) is 1. The third-order valence-corrected chi connectivity index (χ3v) is 8.54. The number of aldehydes is 1. The highest BCUT2D eigenvalue weighted by Gasteiger charge is 2.30. The molecule has 3 amide bonds. The van der Waals surface area contributed by atoms with Crippen molar-refractivity contribution < 1.29 is 23.9 Å². The van der Waals surface area contributed by atoms with Gasteiger partial charge in [0.05, 0.1) is 19.3 Å². The van der Waals surface area contributed by atoms with E-state index >= 15 is 0 Å². The maximum atomic E-state index is 12.3. The van der Waals surface area contributed by atoms with E-state index in [0.29, 0.717) is 31.4 Å². The summed E-state index contributed by atoms with van der Waals surface area (Å²) in [6.45, 7) is 5.40. The van der Waals surface area contributed by atoms with Crippen LogP contribution in [-0.4, -0.2) is 92.0 Å². The molecule has 3 rings (SSSR count). The van der Waals surface area contributed by atoms with Crippen LogP contribution >= 0.6 is 11.8 Å². The maximum Gasteiger partial charge on any atom is 0.243 e. The van der Waals surface area contributed by atoms with Crippen LogP contribution in [-0.2, 0) is 25.7 Å². The van der Waals surface area contributed by atoms with Crippen molar-refractivity contribution >= 4 is 35.8 Å². The van der Waals surface area contributed by atoms with Crippen molar-refractivity contribution in [2.45, 2.75) is 75.3 Å². The van der Waals surface area contributed by atoms with Gasteiger partial charge in [0, 0.05) is 56.0 Å². The van der Waals surface area contributed by atoms with E-state index in [1.807, 2.05) is 30.1 Å². The van der Waals surface area contributed by atoms with E-state index in [0.717, 1.165) is 94.0 Å². The number of nitrogens with zero attached hydrogens (tertiary/aromatic N) is 2. The molecule has 39 heavy (non-hydrogen) atoms. The van der Waals surface area contributed by atoms with Gasteiger partial charge in [-0.05, 0) is 43.7 Å². The van der Waals surface area contributed by atoms with Crippen molar-refractivity contribution in [3.8, 4) is 0 Å². The summed E-state index contributed by atoms with van der Waals surface area (Å²) in [5, 5.41) is 5.45. The molecule has 2 aliphatic rings. The zero-order chi connectivity index (χ0) is 27.9. The van der Waals surface area contributed by atoms with Gasteiger partial charge in [-0.1, -0.05) is 37.8 Å². The Bertz CT molecular complexity index is 954. The Morgan fingerprint density at radius 3 is 2.64 bits per heavy atom. The van der Waals surface area contributed by atoms with E-state index < -0.39 is 0 Å². The Labute approximate surface area is 236 Å². The largest absolute Gasteiger partial charge is 0.379 e. The summed E-state index contributed by atoms with van der Waals surface area (Å²) in [4.78, 5) is 52.8. The van der Waals surface area contributed by atoms with Crippen LogP contribution in [0.4, 0.5) is 0 Å². The molecule has 1 unspecified atom stereocenters. The first-order valence-electron chi connectivity index (χ1n) is 14.3. The van der Waals surface area contributed by atoms with Gasteiger partial charge < -0.3 is 10.1 Å². The second-order valence-corrected chi connectivity index (χ2v) is 11.5. The number of hydrogen-bond acceptors (Lipinski definition) is 8. The van der Waals surface area contributed by atoms with Crippen LogP contribution < -0.4 is 10.6 Å². The lowest BCUT2D eigenvalue weighted by atomic mass is 10.0. The van der Waals surface area contributed by atoms with Gasteiger partial charge in [-0.3, -0.25) is 34.3 Å². The number of imide groups is 1. The predicted octanol–water partition coefficient (Wildman–Crippen LogP) is 3.01. The summed E-state index contributed by atoms with van der Waals surface area (Å²) in [7, 11) is 1.87. The topological polar surface area (TPSA) is 108 Å². The summed E-state index contributed by atoms with van der Waals surface area (Å²) in [5.74, 6) is 0.616. The number of carbonyl (C=O) groups excluding carboxylic acids is 4. The number of thioether (sulfide) groups is 1. The molecule has 10 heteroatoms. The molecular formula is C29H44N4O5S. The number of nitrogens with one attached hydrogen (secondary N) is 2. The number of morpholine rings is 1. The molecule has 1 atom stereocenters. The average Bonchev–Trinajstić information content (AvgIpc) is 2.94. The summed E-state index contributed by atoms with van der Waals surface area (Å²) >= 11 is 1.76. The lowest BCUT2D eigenvalue weighted by Crippen LogP contribution is -2.51. The zero-order valence-electron chi connectivity index (χ0n) is 23.3. The number of unbranched alkanes of at least 4 members (excludes halogenated alkanes) is 5. The van der Waals surface area contributed by atoms with Crippen LogP contribution in [0.25, 0.3) is 0 Å². The van der Waals surface area contributed by atoms with Crippen molar-refractivity contribution in [3.05, 3.63) is 29.3 Å². The summed E-state index contributed by atoms with van der Waals surface area (Å²) in [5.41, 5.74) is 1.59. The number of benzene rings is 1. The summed E-state index contributed by atoms with van der Waals surface area (Å²) < 4.78 is 5.33. The van der Waals surface area contributed by atoms with Gasteiger partial charge in [-0.25, -0.2) is 0 Å². The highest BCUT2D eigenvalue weighted by atomic mass is 32.2. The number of ether oxygens (including phenoxy) is 1. The van der Waals surface area contributed by atoms with Crippen molar-refractivity contribution in [2.24, 2.45) is 0 Å². The van der Waals surface area contributed by atoms with Crippen molar-refractivity contribution in [1.82, 2.24) is 20.4 Å². The molecule has 9 nitrogen and oxygen atoms in total. The van der Waals surface area contributed by atoms with Gasteiger partial charge >= 0.3 is 0 Å². The minimum absolute atomic E-state index is 0.139. The lowest BCUT2D eigenvalue weighted by Gasteiger charge is -2.30. The van der Waals surface area contributed by atoms with Gasteiger partial charge in [0.2, 0.25) is 17.7 Å². The SMILES string of the molecule is CN(Cc1c(C=O)cccc1SCCCCCCCCNC(=O)CCN1CCOCC1)C1CCC(=O)NC1=O. The van der Waals surface area contributed by atoms with Crippen LogP contribution in [0.1, 0.15) is 73.7 Å². The van der Waals surface area contributed by atoms with Crippen LogP contribution in [0.3, 0.4) is 0 Å². The Morgan fingerprint density at radius 2 is 1.90 bits per heavy atom. The molecular weight excluding hydrogens is 516 g/mol. The van der Waals surface area contributed by atoms with Crippen molar-refractivity contribution in [1.29, 1.82) is 0 Å². The molecule has 0 spiro atoms. The molecule has 0 saturated carbocycles. The number of carbonyl (C=O) groups is 4. The zero-order valence-corrected chi connectivity index (χ0v) is 24.1. The molecule has 0 aromatic heterocycles. The molecule has 2 fully saturated rings. The summed E-state index contributed by atoms with van der Waals surface area (Å²) in [6.07, 6.45) is 8.98. The van der Waals surface area contributed by atoms with Crippen molar-refractivity contribution in [3.63, 3.8) is 0 Å². The minimum atomic E-state index is -0.372. The van der Waals surface area contributed by atoms with Gasteiger partial charge in [0.1, 0.15) is 6.29 Å². The smallest absolute Gasteiger partial charge is 0.243 e. The fourth-order valence-electron chi connectivity index (χ4n) is 4.98. The maximum absolute atomic E-state index is 12.3. The standard InChI is InChI=1S/C29H44N4O5S/c1-32(25-11-12-28(36)31-29(25)37)21-24-23(22-34)9-8-10-26(24)39-20-7-5-3-2-4-6-14-30-27(35)13-15-33-16-18-38-19-17-33/h8-10,22,25H,2-7,11-21H2,1H3,(H,30,35)(H,31,36,37). The molecule has 1 aromatic rings. The third kappa shape index (κ3) is 11.0. The highest BCUT2D eigenvalue weighted by molar-refractivity contribution is 7.99. The van der Waals surface area contributed by atoms with E-state index in [9.17, 15) is 19.2 Å². The number of amides is 3. The average molecular weight is 561 g/mol.